The molecule has 0 aromatic heterocycles. The van der Waals surface area contributed by atoms with Crippen LogP contribution in [0.1, 0.15) is 47.5 Å². The minimum Gasteiger partial charge on any atom is -0.481 e. The largest absolute Gasteiger partial charge is 0.481 e. The Balaban J connectivity index is 4.40. The van der Waals surface area contributed by atoms with Crippen LogP contribution < -0.4 is 0 Å². The summed E-state index contributed by atoms with van der Waals surface area (Å²) in [6.45, 7) is 11.3. The van der Waals surface area contributed by atoms with Gasteiger partial charge in [-0.2, -0.15) is 0 Å². The van der Waals surface area contributed by atoms with Gasteiger partial charge in [-0.15, -0.1) is 0 Å². The summed E-state index contributed by atoms with van der Waals surface area (Å²) in [5.74, 6) is 0.314. The van der Waals surface area contributed by atoms with Crippen molar-refractivity contribution in [3.8, 4) is 0 Å². The molecule has 1 N–H and O–H groups in total. The highest BCUT2D eigenvalue weighted by molar-refractivity contribution is 5.69. The average Bonchev–Trinajstić information content (AvgIpc) is 2.14. The molecule has 0 aromatic rings. The quantitative estimate of drug-likeness (QED) is 0.712. The second-order valence-corrected chi connectivity index (χ2v) is 6.09. The molecule has 17 heavy (non-hydrogen) atoms. The number of carbonyl (C=O) groups is 1. The second-order valence-electron chi connectivity index (χ2n) is 6.09. The zero-order valence-corrected chi connectivity index (χ0v) is 12.2. The average molecular weight is 243 g/mol. The van der Waals surface area contributed by atoms with Crippen LogP contribution in [-0.4, -0.2) is 35.6 Å². The third kappa shape index (κ3) is 7.37. The summed E-state index contributed by atoms with van der Waals surface area (Å²) in [5.41, 5.74) is 0. The van der Waals surface area contributed by atoms with Crippen LogP contribution in [0.25, 0.3) is 0 Å². The van der Waals surface area contributed by atoms with Gasteiger partial charge in [0.05, 0.1) is 5.92 Å². The van der Waals surface area contributed by atoms with E-state index in [2.05, 4.69) is 39.6 Å². The molecule has 1 unspecified atom stereocenters. The van der Waals surface area contributed by atoms with Gasteiger partial charge in [0.2, 0.25) is 0 Å². The number of carboxylic acids is 1. The van der Waals surface area contributed by atoms with Crippen molar-refractivity contribution in [2.45, 2.75) is 53.5 Å². The van der Waals surface area contributed by atoms with Gasteiger partial charge in [0, 0.05) is 12.6 Å². The van der Waals surface area contributed by atoms with Crippen LogP contribution in [0, 0.1) is 17.8 Å². The SMILES string of the molecule is CC(C)CC(CC(C)C)N(C)CC(C)C(=O)O. The van der Waals surface area contributed by atoms with Gasteiger partial charge >= 0.3 is 5.97 Å². The van der Waals surface area contributed by atoms with E-state index in [9.17, 15) is 4.79 Å². The Morgan fingerprint density at radius 3 is 1.76 bits per heavy atom. The van der Waals surface area contributed by atoms with Gasteiger partial charge < -0.3 is 10.0 Å². The van der Waals surface area contributed by atoms with Crippen molar-refractivity contribution in [1.82, 2.24) is 4.90 Å². The number of nitrogens with zero attached hydrogens (tertiary/aromatic N) is 1. The van der Waals surface area contributed by atoms with Crippen molar-refractivity contribution >= 4 is 5.97 Å². The fourth-order valence-corrected chi connectivity index (χ4v) is 2.20. The van der Waals surface area contributed by atoms with Gasteiger partial charge in [0.25, 0.3) is 0 Å². The minimum absolute atomic E-state index is 0.290. The Labute approximate surface area is 106 Å². The molecule has 0 saturated heterocycles. The lowest BCUT2D eigenvalue weighted by molar-refractivity contribution is -0.141. The molecule has 3 nitrogen and oxygen atoms in total. The maximum Gasteiger partial charge on any atom is 0.307 e. The molecule has 0 bridgehead atoms. The Morgan fingerprint density at radius 2 is 1.47 bits per heavy atom. The van der Waals surface area contributed by atoms with Crippen LogP contribution in [0.4, 0.5) is 0 Å². The van der Waals surface area contributed by atoms with Crippen molar-refractivity contribution in [1.29, 1.82) is 0 Å². The van der Waals surface area contributed by atoms with Crippen LogP contribution in [-0.2, 0) is 4.79 Å². The first-order valence-corrected chi connectivity index (χ1v) is 6.67. The van der Waals surface area contributed by atoms with Crippen molar-refractivity contribution in [3.63, 3.8) is 0 Å². The fraction of sp³-hybridized carbons (Fsp3) is 0.929. The Bertz CT molecular complexity index is 216. The maximum atomic E-state index is 10.9. The first-order chi connectivity index (χ1) is 7.73. The molecule has 0 radical (unpaired) electrons. The number of aliphatic carboxylic acids is 1. The molecule has 0 fully saturated rings. The Hall–Kier alpha value is -0.570. The van der Waals surface area contributed by atoms with Gasteiger partial charge in [-0.05, 0) is 31.7 Å². The highest BCUT2D eigenvalue weighted by Crippen LogP contribution is 2.19. The lowest BCUT2D eigenvalue weighted by Crippen LogP contribution is -2.38. The van der Waals surface area contributed by atoms with Gasteiger partial charge in [-0.1, -0.05) is 34.6 Å². The molecular formula is C14H29NO2. The first kappa shape index (κ1) is 16.4. The van der Waals surface area contributed by atoms with Crippen LogP contribution >= 0.6 is 0 Å². The molecule has 0 aliphatic carbocycles. The van der Waals surface area contributed by atoms with E-state index in [1.54, 1.807) is 6.92 Å². The van der Waals surface area contributed by atoms with E-state index in [1.807, 2.05) is 0 Å². The second kappa shape index (κ2) is 7.70. The lowest BCUT2D eigenvalue weighted by Gasteiger charge is -2.32. The number of hydrogen-bond donors (Lipinski definition) is 1. The summed E-state index contributed by atoms with van der Waals surface area (Å²) in [4.78, 5) is 13.1. The van der Waals surface area contributed by atoms with E-state index in [-0.39, 0.29) is 5.92 Å². The lowest BCUT2D eigenvalue weighted by atomic mass is 9.94. The summed E-state index contributed by atoms with van der Waals surface area (Å²) in [6.07, 6.45) is 2.28. The normalized spacial score (nSPS) is 14.0. The van der Waals surface area contributed by atoms with Gasteiger partial charge in [0.15, 0.2) is 0 Å². The molecule has 0 aliphatic rings. The van der Waals surface area contributed by atoms with E-state index in [0.29, 0.717) is 24.4 Å². The highest BCUT2D eigenvalue weighted by Gasteiger charge is 2.21. The van der Waals surface area contributed by atoms with Gasteiger partial charge in [-0.3, -0.25) is 4.79 Å². The number of hydrogen-bond acceptors (Lipinski definition) is 2. The zero-order valence-electron chi connectivity index (χ0n) is 12.2. The van der Waals surface area contributed by atoms with Crippen molar-refractivity contribution in [3.05, 3.63) is 0 Å². The third-order valence-corrected chi connectivity index (χ3v) is 3.09. The van der Waals surface area contributed by atoms with Crippen LogP contribution in [0.15, 0.2) is 0 Å². The zero-order chi connectivity index (χ0) is 13.6. The smallest absolute Gasteiger partial charge is 0.307 e. The van der Waals surface area contributed by atoms with Gasteiger partial charge in [0.1, 0.15) is 0 Å². The summed E-state index contributed by atoms with van der Waals surface area (Å²) in [7, 11) is 2.05. The summed E-state index contributed by atoms with van der Waals surface area (Å²) in [6, 6.07) is 0.497. The maximum absolute atomic E-state index is 10.9. The summed E-state index contributed by atoms with van der Waals surface area (Å²) >= 11 is 0. The molecule has 0 rings (SSSR count). The Kier molecular flexibility index (Phi) is 7.44. The molecule has 102 valence electrons. The Morgan fingerprint density at radius 1 is 1.06 bits per heavy atom. The van der Waals surface area contributed by atoms with Crippen molar-refractivity contribution < 1.29 is 9.90 Å². The molecule has 0 aromatic carbocycles. The molecule has 0 amide bonds. The molecule has 0 saturated carbocycles. The molecule has 0 spiro atoms. The van der Waals surface area contributed by atoms with E-state index in [4.69, 9.17) is 5.11 Å². The highest BCUT2D eigenvalue weighted by atomic mass is 16.4. The molecule has 0 aliphatic heterocycles. The van der Waals surface area contributed by atoms with E-state index in [1.165, 1.54) is 0 Å². The topological polar surface area (TPSA) is 40.5 Å². The van der Waals surface area contributed by atoms with E-state index in [0.717, 1.165) is 12.8 Å². The number of carboxylic acid groups (broad SMARTS) is 1. The third-order valence-electron chi connectivity index (χ3n) is 3.09. The van der Waals surface area contributed by atoms with Crippen LogP contribution in [0.3, 0.4) is 0 Å². The predicted octanol–water partition coefficient (Wildman–Crippen LogP) is 3.10. The summed E-state index contributed by atoms with van der Waals surface area (Å²) < 4.78 is 0. The fourth-order valence-electron chi connectivity index (χ4n) is 2.20. The van der Waals surface area contributed by atoms with Crippen LogP contribution in [0.2, 0.25) is 0 Å². The molecule has 0 heterocycles. The number of rotatable bonds is 8. The van der Waals surface area contributed by atoms with E-state index < -0.39 is 5.97 Å². The molecular weight excluding hydrogens is 214 g/mol. The van der Waals surface area contributed by atoms with Gasteiger partial charge in [-0.25, -0.2) is 0 Å². The monoisotopic (exact) mass is 243 g/mol. The summed E-state index contributed by atoms with van der Waals surface area (Å²) in [5, 5.41) is 8.95. The van der Waals surface area contributed by atoms with Crippen molar-refractivity contribution in [2.24, 2.45) is 17.8 Å². The van der Waals surface area contributed by atoms with Crippen molar-refractivity contribution in [2.75, 3.05) is 13.6 Å². The minimum atomic E-state index is -0.704. The molecule has 3 heteroatoms. The molecule has 1 atom stereocenters. The first-order valence-electron chi connectivity index (χ1n) is 6.67. The van der Waals surface area contributed by atoms with E-state index >= 15 is 0 Å². The predicted molar refractivity (Wildman–Crippen MR) is 72.1 cm³/mol. The van der Waals surface area contributed by atoms with Crippen LogP contribution in [0.5, 0.6) is 0 Å². The standard InChI is InChI=1S/C14H29NO2/c1-10(2)7-13(8-11(3)4)15(6)9-12(5)14(16)17/h10-13H,7-9H2,1-6H3,(H,16,17).